The molecule has 1 fully saturated rings. The lowest BCUT2D eigenvalue weighted by Crippen LogP contribution is -2.55. The Morgan fingerprint density at radius 1 is 1.28 bits per heavy atom. The average molecular weight is 394 g/mol. The number of pyridine rings is 1. The number of aryl methyl sites for hydroxylation is 1. The second-order valence-corrected chi connectivity index (χ2v) is 7.02. The molecule has 4 heterocycles. The van der Waals surface area contributed by atoms with E-state index in [0.717, 1.165) is 42.5 Å². The minimum Gasteiger partial charge on any atom is -0.357 e. The molecule has 1 saturated heterocycles. The number of hydrogen-bond acceptors (Lipinski definition) is 4. The summed E-state index contributed by atoms with van der Waals surface area (Å²) in [5.41, 5.74) is 2.79. The van der Waals surface area contributed by atoms with Crippen molar-refractivity contribution in [2.45, 2.75) is 13.3 Å². The molecule has 3 aromatic heterocycles. The molecule has 0 aromatic carbocycles. The fourth-order valence-corrected chi connectivity index (χ4v) is 3.48. The molecule has 3 aromatic rings. The van der Waals surface area contributed by atoms with E-state index >= 15 is 0 Å². The highest BCUT2D eigenvalue weighted by Gasteiger charge is 2.27. The van der Waals surface area contributed by atoms with E-state index in [1.54, 1.807) is 15.8 Å². The summed E-state index contributed by atoms with van der Waals surface area (Å²) in [5.74, 6) is 0.825. The molecule has 29 heavy (non-hydrogen) atoms. The first-order valence-corrected chi connectivity index (χ1v) is 9.89. The van der Waals surface area contributed by atoms with Crippen molar-refractivity contribution >= 4 is 23.2 Å². The normalized spacial score (nSPS) is 15.4. The van der Waals surface area contributed by atoms with Crippen LogP contribution in [0.2, 0.25) is 0 Å². The van der Waals surface area contributed by atoms with E-state index in [1.807, 2.05) is 60.1 Å². The largest absolute Gasteiger partial charge is 0.357 e. The number of nitrogens with zero attached hydrogens (tertiary/aromatic N) is 7. The Labute approximate surface area is 169 Å². The van der Waals surface area contributed by atoms with Gasteiger partial charge in [-0.2, -0.15) is 5.10 Å². The summed E-state index contributed by atoms with van der Waals surface area (Å²) < 4.78 is 3.72. The van der Waals surface area contributed by atoms with E-state index in [1.165, 1.54) is 0 Å². The van der Waals surface area contributed by atoms with Gasteiger partial charge in [0.1, 0.15) is 12.2 Å². The van der Waals surface area contributed by atoms with E-state index in [4.69, 9.17) is 4.99 Å². The molecule has 4 rings (SSSR count). The number of aliphatic imine (C=N–C) groups is 1. The lowest BCUT2D eigenvalue weighted by Gasteiger charge is -2.35. The summed E-state index contributed by atoms with van der Waals surface area (Å²) in [6.45, 7) is 5.04. The molecule has 0 bridgehead atoms. The van der Waals surface area contributed by atoms with Crippen molar-refractivity contribution in [3.8, 4) is 0 Å². The Morgan fingerprint density at radius 3 is 2.90 bits per heavy atom. The Bertz CT molecular complexity index is 987. The first-order valence-electron chi connectivity index (χ1n) is 9.89. The summed E-state index contributed by atoms with van der Waals surface area (Å²) in [4.78, 5) is 25.8. The Morgan fingerprint density at radius 2 is 2.17 bits per heavy atom. The maximum atomic E-state index is 12.7. The number of guanidine groups is 1. The quantitative estimate of drug-likeness (QED) is 0.514. The molecular weight excluding hydrogens is 368 g/mol. The third kappa shape index (κ3) is 4.23. The van der Waals surface area contributed by atoms with Crippen LogP contribution in [0.25, 0.3) is 5.65 Å². The Kier molecular flexibility index (Phi) is 5.46. The van der Waals surface area contributed by atoms with Crippen molar-refractivity contribution in [1.82, 2.24) is 29.4 Å². The van der Waals surface area contributed by atoms with Gasteiger partial charge in [-0.15, -0.1) is 0 Å². The van der Waals surface area contributed by atoms with Crippen LogP contribution in [0.15, 0.2) is 48.0 Å². The average Bonchev–Trinajstić information content (AvgIpc) is 3.33. The van der Waals surface area contributed by atoms with Crippen molar-refractivity contribution in [3.05, 3.63) is 48.7 Å². The number of amides is 1. The number of carbonyl (C=O) groups is 1. The fourth-order valence-electron chi connectivity index (χ4n) is 3.48. The van der Waals surface area contributed by atoms with Gasteiger partial charge in [0.15, 0.2) is 5.96 Å². The molecule has 0 unspecified atom stereocenters. The highest BCUT2D eigenvalue weighted by Crippen LogP contribution is 2.16. The van der Waals surface area contributed by atoms with Crippen molar-refractivity contribution in [3.63, 3.8) is 0 Å². The van der Waals surface area contributed by atoms with Gasteiger partial charge in [-0.1, -0.05) is 6.07 Å². The summed E-state index contributed by atoms with van der Waals surface area (Å²) >= 11 is 0. The molecule has 152 valence electrons. The van der Waals surface area contributed by atoms with Crippen LogP contribution in [0, 0.1) is 0 Å². The zero-order valence-corrected chi connectivity index (χ0v) is 16.8. The molecule has 0 saturated carbocycles. The van der Waals surface area contributed by atoms with Gasteiger partial charge < -0.3 is 19.5 Å². The highest BCUT2D eigenvalue weighted by atomic mass is 16.2. The van der Waals surface area contributed by atoms with Crippen LogP contribution >= 0.6 is 0 Å². The Balaban J connectivity index is 1.39. The summed E-state index contributed by atoms with van der Waals surface area (Å²) in [5, 5.41) is 7.47. The number of hydrogen-bond donors (Lipinski definition) is 1. The van der Waals surface area contributed by atoms with Crippen LogP contribution in [0.3, 0.4) is 0 Å². The number of nitrogens with one attached hydrogen (secondary N) is 1. The summed E-state index contributed by atoms with van der Waals surface area (Å²) in [6.07, 6.45) is 8.37. The van der Waals surface area contributed by atoms with Gasteiger partial charge in [0.25, 0.3) is 0 Å². The SMILES string of the molecule is CCNC(=NCCc1cn2ccccc2n1)N1CCN(c2cnn(C)c2)C(=O)C1. The van der Waals surface area contributed by atoms with E-state index in [2.05, 4.69) is 15.4 Å². The predicted molar refractivity (Wildman–Crippen MR) is 112 cm³/mol. The number of aromatic nitrogens is 4. The second-order valence-electron chi connectivity index (χ2n) is 7.02. The van der Waals surface area contributed by atoms with Gasteiger partial charge in [0.05, 0.1) is 17.6 Å². The van der Waals surface area contributed by atoms with Crippen LogP contribution in [0.5, 0.6) is 0 Å². The number of imidazole rings is 1. The molecule has 9 heteroatoms. The van der Waals surface area contributed by atoms with Gasteiger partial charge in [-0.25, -0.2) is 4.98 Å². The number of carbonyl (C=O) groups excluding carboxylic acids is 1. The van der Waals surface area contributed by atoms with Gasteiger partial charge in [0, 0.05) is 58.2 Å². The molecular formula is C20H26N8O. The monoisotopic (exact) mass is 394 g/mol. The molecule has 0 aliphatic carbocycles. The van der Waals surface area contributed by atoms with E-state index < -0.39 is 0 Å². The fraction of sp³-hybridized carbons (Fsp3) is 0.400. The third-order valence-electron chi connectivity index (χ3n) is 4.90. The number of anilines is 1. The van der Waals surface area contributed by atoms with Crippen molar-refractivity contribution in [1.29, 1.82) is 0 Å². The van der Waals surface area contributed by atoms with Crippen LogP contribution in [-0.4, -0.2) is 68.7 Å². The first kappa shape index (κ1) is 19.0. The second kappa shape index (κ2) is 8.34. The maximum absolute atomic E-state index is 12.7. The van der Waals surface area contributed by atoms with Crippen molar-refractivity contribution in [2.75, 3.05) is 37.6 Å². The first-order chi connectivity index (χ1) is 14.1. The van der Waals surface area contributed by atoms with Crippen molar-refractivity contribution < 1.29 is 4.79 Å². The molecule has 0 atom stereocenters. The molecule has 1 aliphatic heterocycles. The molecule has 0 spiro atoms. The summed E-state index contributed by atoms with van der Waals surface area (Å²) in [6, 6.07) is 5.96. The predicted octanol–water partition coefficient (Wildman–Crippen LogP) is 0.925. The van der Waals surface area contributed by atoms with E-state index in [-0.39, 0.29) is 5.91 Å². The maximum Gasteiger partial charge on any atom is 0.246 e. The molecule has 0 radical (unpaired) electrons. The molecule has 1 aliphatic rings. The number of piperazine rings is 1. The van der Waals surface area contributed by atoms with Gasteiger partial charge in [-0.3, -0.25) is 14.5 Å². The van der Waals surface area contributed by atoms with Crippen molar-refractivity contribution in [2.24, 2.45) is 12.0 Å². The lowest BCUT2D eigenvalue weighted by molar-refractivity contribution is -0.120. The number of fused-ring (bicyclic) bond motifs is 1. The van der Waals surface area contributed by atoms with Crippen LogP contribution in [0.1, 0.15) is 12.6 Å². The zero-order valence-electron chi connectivity index (χ0n) is 16.8. The van der Waals surface area contributed by atoms with E-state index in [0.29, 0.717) is 19.6 Å². The number of rotatable bonds is 5. The lowest BCUT2D eigenvalue weighted by atomic mass is 10.3. The van der Waals surface area contributed by atoms with Gasteiger partial charge >= 0.3 is 0 Å². The zero-order chi connectivity index (χ0) is 20.2. The van der Waals surface area contributed by atoms with Crippen LogP contribution < -0.4 is 10.2 Å². The third-order valence-corrected chi connectivity index (χ3v) is 4.90. The standard InChI is InChI=1S/C20H26N8O/c1-3-21-20(22-8-7-16-13-26-9-5-4-6-18(26)24-16)27-10-11-28(19(29)15-27)17-12-23-25(2)14-17/h4-6,9,12-14H,3,7-8,10-11,15H2,1-2H3,(H,21,22). The smallest absolute Gasteiger partial charge is 0.246 e. The molecule has 1 amide bonds. The minimum atomic E-state index is 0.0511. The molecule has 1 N–H and O–H groups in total. The van der Waals surface area contributed by atoms with E-state index in [9.17, 15) is 4.79 Å². The van der Waals surface area contributed by atoms with Gasteiger partial charge in [-0.05, 0) is 19.1 Å². The van der Waals surface area contributed by atoms with Crippen LogP contribution in [0.4, 0.5) is 5.69 Å². The summed E-state index contributed by atoms with van der Waals surface area (Å²) in [7, 11) is 1.85. The highest BCUT2D eigenvalue weighted by molar-refractivity contribution is 5.98. The topological polar surface area (TPSA) is 83.1 Å². The molecule has 9 nitrogen and oxygen atoms in total. The Hall–Kier alpha value is -3.36. The minimum absolute atomic E-state index is 0.0511. The van der Waals surface area contributed by atoms with Crippen LogP contribution in [-0.2, 0) is 18.3 Å². The van der Waals surface area contributed by atoms with Gasteiger partial charge in [0.2, 0.25) is 5.91 Å².